The maximum atomic E-state index is 5.56. The number of halogens is 1. The number of morpholine rings is 1. The topological polar surface area (TPSA) is 67.4 Å². The van der Waals surface area contributed by atoms with Gasteiger partial charge in [0.2, 0.25) is 0 Å². The molecule has 1 aromatic carbocycles. The van der Waals surface area contributed by atoms with Crippen LogP contribution >= 0.6 is 24.0 Å². The van der Waals surface area contributed by atoms with Gasteiger partial charge in [0, 0.05) is 33.2 Å². The highest BCUT2D eigenvalue weighted by Gasteiger charge is 2.24. The highest BCUT2D eigenvalue weighted by molar-refractivity contribution is 14.0. The molecule has 172 valence electrons. The molecule has 30 heavy (non-hydrogen) atoms. The molecule has 1 aliphatic rings. The van der Waals surface area contributed by atoms with E-state index >= 15 is 0 Å². The van der Waals surface area contributed by atoms with Crippen LogP contribution in [-0.4, -0.2) is 71.5 Å². The highest BCUT2D eigenvalue weighted by atomic mass is 127. The fraction of sp³-hybridized carbons (Fsp3) is 0.682. The number of hydrogen-bond acceptors (Lipinski definition) is 5. The Kier molecular flexibility index (Phi) is 11.8. The molecule has 2 N–H and O–H groups in total. The van der Waals surface area contributed by atoms with E-state index < -0.39 is 0 Å². The lowest BCUT2D eigenvalue weighted by Gasteiger charge is -2.35. The molecule has 0 spiro atoms. The van der Waals surface area contributed by atoms with Crippen molar-refractivity contribution >= 4 is 29.9 Å². The average Bonchev–Trinajstić information content (AvgIpc) is 2.72. The van der Waals surface area contributed by atoms with Crippen molar-refractivity contribution in [1.29, 1.82) is 0 Å². The first kappa shape index (κ1) is 26.8. The normalized spacial score (nSPS) is 16.4. The van der Waals surface area contributed by atoms with Gasteiger partial charge in [0.25, 0.3) is 0 Å². The van der Waals surface area contributed by atoms with Crippen LogP contribution in [0.3, 0.4) is 0 Å². The molecule has 0 aliphatic carbocycles. The fourth-order valence-electron chi connectivity index (χ4n) is 3.38. The van der Waals surface area contributed by atoms with Gasteiger partial charge in [-0.1, -0.05) is 26.8 Å². The van der Waals surface area contributed by atoms with E-state index in [9.17, 15) is 0 Å². The lowest BCUT2D eigenvalue weighted by molar-refractivity contribution is 0.0169. The van der Waals surface area contributed by atoms with Crippen molar-refractivity contribution in [2.45, 2.75) is 33.2 Å². The SMILES string of the molecule is CN=C(NCCC(C)(C)C)NCC(c1ccc(OC)c(OC)c1)N1CCOCC1.I. The first-order valence-corrected chi connectivity index (χ1v) is 10.4. The Balaban J connectivity index is 0.00000450. The van der Waals surface area contributed by atoms with Crippen LogP contribution in [0.2, 0.25) is 0 Å². The third kappa shape index (κ3) is 8.47. The van der Waals surface area contributed by atoms with Crippen molar-refractivity contribution in [3.8, 4) is 11.5 Å². The number of methoxy groups -OCH3 is 2. The van der Waals surface area contributed by atoms with Crippen molar-refractivity contribution in [3.63, 3.8) is 0 Å². The van der Waals surface area contributed by atoms with Crippen molar-refractivity contribution in [1.82, 2.24) is 15.5 Å². The Morgan fingerprint density at radius 3 is 2.37 bits per heavy atom. The van der Waals surface area contributed by atoms with Crippen molar-refractivity contribution in [2.24, 2.45) is 10.4 Å². The third-order valence-electron chi connectivity index (χ3n) is 5.13. The minimum absolute atomic E-state index is 0. The van der Waals surface area contributed by atoms with Crippen LogP contribution in [0.1, 0.15) is 38.8 Å². The van der Waals surface area contributed by atoms with E-state index in [2.05, 4.69) is 53.4 Å². The zero-order chi connectivity index (χ0) is 21.3. The highest BCUT2D eigenvalue weighted by Crippen LogP contribution is 2.32. The maximum absolute atomic E-state index is 5.56. The second-order valence-electron chi connectivity index (χ2n) is 8.47. The minimum atomic E-state index is 0. The summed E-state index contributed by atoms with van der Waals surface area (Å²) in [7, 11) is 5.14. The number of nitrogens with zero attached hydrogens (tertiary/aromatic N) is 2. The molecule has 8 heteroatoms. The summed E-state index contributed by atoms with van der Waals surface area (Å²) in [6.45, 7) is 11.7. The van der Waals surface area contributed by atoms with E-state index in [1.165, 1.54) is 5.56 Å². The van der Waals surface area contributed by atoms with Gasteiger partial charge in [0.1, 0.15) is 0 Å². The second kappa shape index (κ2) is 13.2. The standard InChI is InChI=1S/C22H38N4O3.HI/c1-22(2,3)9-10-24-21(23-4)25-16-18(26-11-13-29-14-12-26)17-7-8-19(27-5)20(15-17)28-6;/h7-8,15,18H,9-14,16H2,1-6H3,(H2,23,24,25);1H. The Hall–Kier alpha value is -1.26. The molecule has 1 unspecified atom stereocenters. The zero-order valence-electron chi connectivity index (χ0n) is 19.3. The van der Waals surface area contributed by atoms with Crippen LogP contribution < -0.4 is 20.1 Å². The van der Waals surface area contributed by atoms with Gasteiger partial charge >= 0.3 is 0 Å². The molecule has 0 amide bonds. The summed E-state index contributed by atoms with van der Waals surface area (Å²) in [5.41, 5.74) is 1.48. The number of nitrogens with one attached hydrogen (secondary N) is 2. The van der Waals surface area contributed by atoms with E-state index in [1.807, 2.05) is 13.1 Å². The largest absolute Gasteiger partial charge is 0.493 e. The number of benzene rings is 1. The Morgan fingerprint density at radius 2 is 1.80 bits per heavy atom. The van der Waals surface area contributed by atoms with Crippen LogP contribution in [-0.2, 0) is 4.74 Å². The summed E-state index contributed by atoms with van der Waals surface area (Å²) < 4.78 is 16.5. The molecule has 7 nitrogen and oxygen atoms in total. The molecule has 0 bridgehead atoms. The molecule has 0 saturated carbocycles. The number of rotatable bonds is 8. The molecule has 1 heterocycles. The van der Waals surface area contributed by atoms with Crippen molar-refractivity contribution < 1.29 is 14.2 Å². The predicted octanol–water partition coefficient (Wildman–Crippen LogP) is 3.30. The van der Waals surface area contributed by atoms with Crippen LogP contribution in [0.15, 0.2) is 23.2 Å². The van der Waals surface area contributed by atoms with Gasteiger partial charge in [-0.3, -0.25) is 9.89 Å². The van der Waals surface area contributed by atoms with Gasteiger partial charge in [-0.25, -0.2) is 0 Å². The predicted molar refractivity (Wildman–Crippen MR) is 134 cm³/mol. The Labute approximate surface area is 199 Å². The second-order valence-corrected chi connectivity index (χ2v) is 8.47. The average molecular weight is 534 g/mol. The summed E-state index contributed by atoms with van der Waals surface area (Å²) in [6.07, 6.45) is 1.08. The number of ether oxygens (including phenoxy) is 3. The van der Waals surface area contributed by atoms with Crippen molar-refractivity contribution in [2.75, 3.05) is 60.7 Å². The quantitative estimate of drug-likeness (QED) is 0.303. The molecule has 2 rings (SSSR count). The van der Waals surface area contributed by atoms with Crippen LogP contribution in [0, 0.1) is 5.41 Å². The minimum Gasteiger partial charge on any atom is -0.493 e. The van der Waals surface area contributed by atoms with E-state index in [0.29, 0.717) is 5.41 Å². The van der Waals surface area contributed by atoms with Gasteiger partial charge in [0.15, 0.2) is 17.5 Å². The monoisotopic (exact) mass is 534 g/mol. The van der Waals surface area contributed by atoms with E-state index in [1.54, 1.807) is 14.2 Å². The first-order valence-electron chi connectivity index (χ1n) is 10.4. The molecular weight excluding hydrogens is 495 g/mol. The summed E-state index contributed by atoms with van der Waals surface area (Å²) in [4.78, 5) is 6.83. The number of aliphatic imine (C=N–C) groups is 1. The summed E-state index contributed by atoms with van der Waals surface area (Å²) in [5.74, 6) is 2.31. The lowest BCUT2D eigenvalue weighted by atomic mass is 9.92. The molecule has 1 aromatic rings. The van der Waals surface area contributed by atoms with Crippen LogP contribution in [0.25, 0.3) is 0 Å². The summed E-state index contributed by atoms with van der Waals surface area (Å²) >= 11 is 0. The van der Waals surface area contributed by atoms with E-state index in [0.717, 1.165) is 63.3 Å². The van der Waals surface area contributed by atoms with Gasteiger partial charge in [-0.05, 0) is 29.5 Å². The van der Waals surface area contributed by atoms with Gasteiger partial charge in [-0.15, -0.1) is 24.0 Å². The summed E-state index contributed by atoms with van der Waals surface area (Å²) in [6, 6.07) is 6.33. The molecule has 1 fully saturated rings. The Morgan fingerprint density at radius 1 is 1.13 bits per heavy atom. The van der Waals surface area contributed by atoms with Crippen LogP contribution in [0.5, 0.6) is 11.5 Å². The van der Waals surface area contributed by atoms with Gasteiger partial charge in [-0.2, -0.15) is 0 Å². The first-order chi connectivity index (χ1) is 13.9. The number of guanidine groups is 1. The van der Waals surface area contributed by atoms with Gasteiger partial charge < -0.3 is 24.8 Å². The van der Waals surface area contributed by atoms with E-state index in [4.69, 9.17) is 14.2 Å². The summed E-state index contributed by atoms with van der Waals surface area (Å²) in [5, 5.41) is 6.93. The fourth-order valence-corrected chi connectivity index (χ4v) is 3.38. The molecular formula is C22H39IN4O3. The lowest BCUT2D eigenvalue weighted by Crippen LogP contribution is -2.46. The molecule has 0 aromatic heterocycles. The molecule has 1 saturated heterocycles. The number of hydrogen-bond donors (Lipinski definition) is 2. The molecule has 1 atom stereocenters. The Bertz CT molecular complexity index is 658. The van der Waals surface area contributed by atoms with E-state index in [-0.39, 0.29) is 30.0 Å². The maximum Gasteiger partial charge on any atom is 0.191 e. The van der Waals surface area contributed by atoms with Crippen LogP contribution in [0.4, 0.5) is 0 Å². The molecule has 1 aliphatic heterocycles. The third-order valence-corrected chi connectivity index (χ3v) is 5.13. The van der Waals surface area contributed by atoms with Gasteiger partial charge in [0.05, 0.1) is 33.5 Å². The zero-order valence-corrected chi connectivity index (χ0v) is 21.6. The molecule has 0 radical (unpaired) electrons. The van der Waals surface area contributed by atoms with Crippen molar-refractivity contribution in [3.05, 3.63) is 23.8 Å². The smallest absolute Gasteiger partial charge is 0.191 e.